The van der Waals surface area contributed by atoms with Gasteiger partial charge in [0, 0.05) is 6.08 Å². The molecule has 2 nitrogen and oxygen atoms in total. The molecule has 0 saturated heterocycles. The summed E-state index contributed by atoms with van der Waals surface area (Å²) in [7, 11) is 0. The summed E-state index contributed by atoms with van der Waals surface area (Å²) in [4.78, 5) is 10.7. The second-order valence-electron chi connectivity index (χ2n) is 4.08. The second kappa shape index (κ2) is 12.5. The zero-order valence-electron chi connectivity index (χ0n) is 11.5. The number of rotatable bonds is 6. The summed E-state index contributed by atoms with van der Waals surface area (Å²) >= 11 is 0. The summed E-state index contributed by atoms with van der Waals surface area (Å²) in [6.45, 7) is 3.82. The number of carbonyl (C=O) groups is 1. The molecule has 2 aromatic carbocycles. The topological polar surface area (TPSA) is 26.3 Å². The molecule has 0 N–H and O–H groups in total. The molecular weight excluding hydrogens is 292 g/mol. The van der Waals surface area contributed by atoms with E-state index in [2.05, 4.69) is 18.7 Å². The van der Waals surface area contributed by atoms with E-state index in [-0.39, 0.29) is 23.0 Å². The zero-order valence-corrected chi connectivity index (χ0v) is 12.6. The van der Waals surface area contributed by atoms with Gasteiger partial charge >= 0.3 is 23.0 Å². The van der Waals surface area contributed by atoms with Crippen LogP contribution in [0.5, 0.6) is 0 Å². The first-order chi connectivity index (χ1) is 9.33. The summed E-state index contributed by atoms with van der Waals surface area (Å²) in [5.41, 5.74) is 1.35. The van der Waals surface area contributed by atoms with E-state index >= 15 is 0 Å². The molecule has 0 amide bonds. The maximum absolute atomic E-state index is 10.7. The summed E-state index contributed by atoms with van der Waals surface area (Å²) in [5.74, 6) is -0.335. The molecule has 0 aliphatic carbocycles. The van der Waals surface area contributed by atoms with E-state index < -0.39 is 0 Å². The number of carbonyl (C=O) groups excluding carboxylic acids is 1. The van der Waals surface area contributed by atoms with Crippen LogP contribution in [-0.4, -0.2) is 12.6 Å². The van der Waals surface area contributed by atoms with Crippen LogP contribution in [0, 0.1) is 0 Å². The van der Waals surface area contributed by atoms with Gasteiger partial charge in [-0.3, -0.25) is 0 Å². The Morgan fingerprint density at radius 1 is 1.20 bits per heavy atom. The molecule has 0 atom stereocenters. The summed E-state index contributed by atoms with van der Waals surface area (Å²) in [5, 5.41) is 0. The molecule has 0 aliphatic rings. The van der Waals surface area contributed by atoms with E-state index in [9.17, 15) is 4.79 Å². The van der Waals surface area contributed by atoms with Crippen LogP contribution in [0.15, 0.2) is 67.3 Å². The maximum atomic E-state index is 10.7. The third kappa shape index (κ3) is 9.37. The van der Waals surface area contributed by atoms with Crippen molar-refractivity contribution < 1.29 is 26.6 Å². The van der Waals surface area contributed by atoms with Gasteiger partial charge in [0.15, 0.2) is 0 Å². The standard InChI is InChI=1S/C12H15O2.C5H5.Fe/c1-2-12(13)14-10-6-5-9-11-7-3-4-8-11;1-2-4-5-3-1;/h2-4,7-8H,1,5-6,9-10H2;1-5H;/q2*-1;+2. The van der Waals surface area contributed by atoms with Gasteiger partial charge in [0.1, 0.15) is 0 Å². The second-order valence-corrected chi connectivity index (χ2v) is 4.08. The monoisotopic (exact) mass is 312 g/mol. The van der Waals surface area contributed by atoms with Crippen LogP contribution in [0.1, 0.15) is 18.4 Å². The molecule has 0 unspecified atom stereocenters. The fourth-order valence-electron chi connectivity index (χ4n) is 1.56. The SMILES string of the molecule is C=CC(=O)OCCCCc1ccc[cH-]1.[Fe+2].c1cc[cH-]c1. The number of hydrogen-bond donors (Lipinski definition) is 0. The first kappa shape index (κ1) is 18.4. The minimum absolute atomic E-state index is 0. The number of hydrogen-bond acceptors (Lipinski definition) is 2. The molecule has 20 heavy (non-hydrogen) atoms. The minimum atomic E-state index is -0.335. The molecular formula is C17H20FeO2. The third-order valence-electron chi connectivity index (χ3n) is 2.56. The quantitative estimate of drug-likeness (QED) is 0.266. The van der Waals surface area contributed by atoms with Gasteiger partial charge in [-0.15, -0.1) is 0 Å². The molecule has 3 heteroatoms. The third-order valence-corrected chi connectivity index (χ3v) is 2.56. The summed E-state index contributed by atoms with van der Waals surface area (Å²) < 4.78 is 4.85. The van der Waals surface area contributed by atoms with Gasteiger partial charge in [-0.05, 0) is 12.8 Å². The Morgan fingerprint density at radius 3 is 2.45 bits per heavy atom. The number of aryl methyl sites for hydroxylation is 1. The summed E-state index contributed by atoms with van der Waals surface area (Å²) in [6.07, 6.45) is 4.20. The number of unbranched alkanes of at least 4 members (excludes halogenated alkanes) is 1. The maximum Gasteiger partial charge on any atom is 2.00 e. The normalized spacial score (nSPS) is 8.80. The van der Waals surface area contributed by atoms with Gasteiger partial charge in [0.2, 0.25) is 0 Å². The molecule has 0 bridgehead atoms. The minimum Gasteiger partial charge on any atom is -0.463 e. The van der Waals surface area contributed by atoms with E-state index in [0.717, 1.165) is 19.3 Å². The van der Waals surface area contributed by atoms with Gasteiger partial charge in [-0.25, -0.2) is 29.1 Å². The van der Waals surface area contributed by atoms with Crippen molar-refractivity contribution in [2.45, 2.75) is 19.3 Å². The van der Waals surface area contributed by atoms with Crippen molar-refractivity contribution >= 4 is 5.97 Å². The first-order valence-electron chi connectivity index (χ1n) is 6.49. The molecule has 0 heterocycles. The van der Waals surface area contributed by atoms with Gasteiger partial charge in [-0.1, -0.05) is 13.0 Å². The number of ether oxygens (including phenoxy) is 1. The Bertz CT molecular complexity index is 412. The smallest absolute Gasteiger partial charge is 0.463 e. The van der Waals surface area contributed by atoms with Crippen molar-refractivity contribution in [1.29, 1.82) is 0 Å². The van der Waals surface area contributed by atoms with Crippen molar-refractivity contribution in [1.82, 2.24) is 0 Å². The molecule has 0 aromatic heterocycles. The fraction of sp³-hybridized carbons (Fsp3) is 0.235. The Hall–Kier alpha value is -1.57. The average Bonchev–Trinajstić information content (AvgIpc) is 3.13. The Labute approximate surface area is 131 Å². The predicted molar refractivity (Wildman–Crippen MR) is 78.2 cm³/mol. The molecule has 0 fully saturated rings. The molecule has 2 rings (SSSR count). The van der Waals surface area contributed by atoms with Crippen molar-refractivity contribution in [3.63, 3.8) is 0 Å². The zero-order chi connectivity index (χ0) is 13.8. The van der Waals surface area contributed by atoms with Gasteiger partial charge in [0.25, 0.3) is 0 Å². The van der Waals surface area contributed by atoms with Crippen LogP contribution in [0.3, 0.4) is 0 Å². The van der Waals surface area contributed by atoms with Gasteiger partial charge in [-0.2, -0.15) is 35.9 Å². The molecule has 0 spiro atoms. The van der Waals surface area contributed by atoms with Crippen LogP contribution < -0.4 is 0 Å². The van der Waals surface area contributed by atoms with E-state index in [1.54, 1.807) is 0 Å². The molecule has 108 valence electrons. The largest absolute Gasteiger partial charge is 2.00 e. The predicted octanol–water partition coefficient (Wildman–Crippen LogP) is 3.86. The van der Waals surface area contributed by atoms with E-state index in [0.29, 0.717) is 6.61 Å². The molecule has 2 aromatic rings. The Kier molecular flexibility index (Phi) is 11.5. The summed E-state index contributed by atoms with van der Waals surface area (Å²) in [6, 6.07) is 18.3. The first-order valence-corrected chi connectivity index (χ1v) is 6.49. The molecule has 0 aliphatic heterocycles. The van der Waals surface area contributed by atoms with Gasteiger partial charge < -0.3 is 4.74 Å². The Balaban J connectivity index is 0.000000507. The van der Waals surface area contributed by atoms with Crippen LogP contribution in [0.2, 0.25) is 0 Å². The Morgan fingerprint density at radius 2 is 1.95 bits per heavy atom. The van der Waals surface area contributed by atoms with E-state index in [1.165, 1.54) is 11.6 Å². The van der Waals surface area contributed by atoms with Crippen LogP contribution >= 0.6 is 0 Å². The van der Waals surface area contributed by atoms with Crippen molar-refractivity contribution in [3.8, 4) is 0 Å². The van der Waals surface area contributed by atoms with Crippen LogP contribution in [0.4, 0.5) is 0 Å². The van der Waals surface area contributed by atoms with Crippen molar-refractivity contribution in [2.75, 3.05) is 6.61 Å². The van der Waals surface area contributed by atoms with E-state index in [4.69, 9.17) is 4.74 Å². The van der Waals surface area contributed by atoms with Crippen LogP contribution in [-0.2, 0) is 33.0 Å². The van der Waals surface area contributed by atoms with Crippen molar-refractivity contribution in [3.05, 3.63) is 72.8 Å². The van der Waals surface area contributed by atoms with Gasteiger partial charge in [0.05, 0.1) is 6.61 Å². The molecule has 0 radical (unpaired) electrons. The van der Waals surface area contributed by atoms with Crippen molar-refractivity contribution in [2.24, 2.45) is 0 Å². The fourth-order valence-corrected chi connectivity index (χ4v) is 1.56. The molecule has 0 saturated carbocycles. The van der Waals surface area contributed by atoms with Crippen LogP contribution in [0.25, 0.3) is 0 Å². The number of esters is 1. The average molecular weight is 312 g/mol. The van der Waals surface area contributed by atoms with E-state index in [1.807, 2.05) is 42.5 Å².